The van der Waals surface area contributed by atoms with E-state index in [-0.39, 0.29) is 29.4 Å². The number of pyridine rings is 1. The van der Waals surface area contributed by atoms with Crippen LogP contribution in [-0.4, -0.2) is 42.0 Å². The Bertz CT molecular complexity index is 775. The molecule has 1 saturated heterocycles. The first-order valence-electron chi connectivity index (χ1n) is 10.6. The first-order valence-corrected chi connectivity index (χ1v) is 10.6. The number of aliphatic imine (C=N–C) groups is 1. The Balaban J connectivity index is 0.00000320. The van der Waals surface area contributed by atoms with Gasteiger partial charge >= 0.3 is 0 Å². The molecule has 0 saturated carbocycles. The predicted octanol–water partition coefficient (Wildman–Crippen LogP) is 4.33. The number of nitrogens with one attached hydrogen (secondary N) is 2. The van der Waals surface area contributed by atoms with Crippen LogP contribution in [0.4, 0.5) is 0 Å². The molecule has 6 heteroatoms. The average molecular weight is 521 g/mol. The number of nitrogens with zero attached hydrogens (tertiary/aromatic N) is 3. The molecule has 0 bridgehead atoms. The van der Waals surface area contributed by atoms with Crippen LogP contribution in [0.3, 0.4) is 0 Å². The molecule has 0 atom stereocenters. The van der Waals surface area contributed by atoms with E-state index in [0.29, 0.717) is 6.04 Å². The molecule has 1 fully saturated rings. The Morgan fingerprint density at radius 2 is 1.80 bits per heavy atom. The molecule has 0 amide bonds. The number of benzene rings is 1. The van der Waals surface area contributed by atoms with Gasteiger partial charge in [0.15, 0.2) is 5.96 Å². The Kier molecular flexibility index (Phi) is 9.55. The lowest BCUT2D eigenvalue weighted by Crippen LogP contribution is -2.48. The fourth-order valence-corrected chi connectivity index (χ4v) is 3.65. The van der Waals surface area contributed by atoms with Crippen molar-refractivity contribution >= 4 is 29.9 Å². The average Bonchev–Trinajstić information content (AvgIpc) is 2.73. The van der Waals surface area contributed by atoms with Crippen molar-refractivity contribution in [2.45, 2.75) is 58.2 Å². The van der Waals surface area contributed by atoms with E-state index in [1.165, 1.54) is 11.1 Å². The minimum Gasteiger partial charge on any atom is -0.354 e. The summed E-state index contributed by atoms with van der Waals surface area (Å²) in [6.07, 6.45) is 4.11. The normalized spacial score (nSPS) is 16.1. The molecule has 1 aliphatic heterocycles. The second-order valence-corrected chi connectivity index (χ2v) is 8.89. The molecule has 0 unspecified atom stereocenters. The van der Waals surface area contributed by atoms with Crippen molar-refractivity contribution in [1.29, 1.82) is 0 Å². The van der Waals surface area contributed by atoms with Gasteiger partial charge in [-0.05, 0) is 41.5 Å². The Labute approximate surface area is 198 Å². The summed E-state index contributed by atoms with van der Waals surface area (Å²) in [7, 11) is 1.84. The summed E-state index contributed by atoms with van der Waals surface area (Å²) in [6, 6.07) is 15.5. The van der Waals surface area contributed by atoms with Crippen molar-refractivity contribution in [3.8, 4) is 0 Å². The lowest BCUT2D eigenvalue weighted by molar-refractivity contribution is 0.196. The number of likely N-dealkylation sites (tertiary alicyclic amines) is 1. The van der Waals surface area contributed by atoms with Crippen molar-refractivity contribution in [2.24, 2.45) is 4.99 Å². The van der Waals surface area contributed by atoms with Crippen LogP contribution in [0, 0.1) is 0 Å². The molecule has 0 radical (unpaired) electrons. The molecule has 1 aliphatic rings. The molecule has 164 valence electrons. The van der Waals surface area contributed by atoms with Crippen molar-refractivity contribution in [1.82, 2.24) is 20.5 Å². The number of halogens is 1. The molecule has 0 aliphatic carbocycles. The smallest absolute Gasteiger partial charge is 0.191 e. The topological polar surface area (TPSA) is 52.6 Å². The van der Waals surface area contributed by atoms with Gasteiger partial charge < -0.3 is 10.6 Å². The van der Waals surface area contributed by atoms with Gasteiger partial charge in [-0.3, -0.25) is 14.9 Å². The molecule has 5 nitrogen and oxygen atoms in total. The highest BCUT2D eigenvalue weighted by atomic mass is 127. The lowest BCUT2D eigenvalue weighted by atomic mass is 9.87. The van der Waals surface area contributed by atoms with Gasteiger partial charge in [-0.15, -0.1) is 24.0 Å². The molecule has 1 aromatic carbocycles. The van der Waals surface area contributed by atoms with E-state index >= 15 is 0 Å². The van der Waals surface area contributed by atoms with Crippen LogP contribution in [-0.2, 0) is 18.5 Å². The molecular formula is C24H36IN5. The fraction of sp³-hybridized carbons (Fsp3) is 0.500. The second-order valence-electron chi connectivity index (χ2n) is 8.89. The van der Waals surface area contributed by atoms with Crippen molar-refractivity contribution < 1.29 is 0 Å². The Hall–Kier alpha value is -1.67. The monoisotopic (exact) mass is 521 g/mol. The van der Waals surface area contributed by atoms with Crippen LogP contribution >= 0.6 is 24.0 Å². The maximum absolute atomic E-state index is 4.44. The summed E-state index contributed by atoms with van der Waals surface area (Å²) in [5.41, 5.74) is 3.97. The van der Waals surface area contributed by atoms with Gasteiger partial charge in [0.05, 0.1) is 5.69 Å². The van der Waals surface area contributed by atoms with E-state index in [4.69, 9.17) is 0 Å². The molecule has 30 heavy (non-hydrogen) atoms. The molecular weight excluding hydrogens is 485 g/mol. The SMILES string of the molecule is CN=C(NCc1ccc(C(C)(C)C)cc1)NC1CCN(Cc2ccccn2)CC1.I. The van der Waals surface area contributed by atoms with Crippen molar-refractivity contribution in [2.75, 3.05) is 20.1 Å². The summed E-state index contributed by atoms with van der Waals surface area (Å²) in [6.45, 7) is 10.6. The summed E-state index contributed by atoms with van der Waals surface area (Å²) < 4.78 is 0. The van der Waals surface area contributed by atoms with Gasteiger partial charge in [0.1, 0.15) is 0 Å². The zero-order valence-corrected chi connectivity index (χ0v) is 21.0. The largest absolute Gasteiger partial charge is 0.354 e. The van der Waals surface area contributed by atoms with Gasteiger partial charge in [0.25, 0.3) is 0 Å². The number of piperidine rings is 1. The molecule has 3 rings (SSSR count). The van der Waals surface area contributed by atoms with E-state index < -0.39 is 0 Å². The molecule has 1 aromatic heterocycles. The van der Waals surface area contributed by atoms with Crippen molar-refractivity contribution in [3.63, 3.8) is 0 Å². The van der Waals surface area contributed by atoms with Crippen LogP contribution in [0.15, 0.2) is 53.7 Å². The summed E-state index contributed by atoms with van der Waals surface area (Å²) in [5.74, 6) is 0.882. The zero-order valence-electron chi connectivity index (χ0n) is 18.7. The molecule has 2 heterocycles. The van der Waals surface area contributed by atoms with Crippen LogP contribution < -0.4 is 10.6 Å². The molecule has 2 aromatic rings. The minimum atomic E-state index is 0. The Morgan fingerprint density at radius 3 is 2.37 bits per heavy atom. The van der Waals surface area contributed by atoms with E-state index in [9.17, 15) is 0 Å². The zero-order chi connectivity index (χ0) is 20.7. The van der Waals surface area contributed by atoms with Gasteiger partial charge in [0.2, 0.25) is 0 Å². The van der Waals surface area contributed by atoms with Crippen molar-refractivity contribution in [3.05, 3.63) is 65.5 Å². The second kappa shape index (κ2) is 11.6. The van der Waals surface area contributed by atoms with E-state index in [2.05, 4.69) is 82.7 Å². The summed E-state index contributed by atoms with van der Waals surface area (Å²) in [5, 5.41) is 7.05. The maximum atomic E-state index is 4.44. The van der Waals surface area contributed by atoms with Crippen LogP contribution in [0.2, 0.25) is 0 Å². The first-order chi connectivity index (χ1) is 13.9. The van der Waals surface area contributed by atoms with Crippen LogP contribution in [0.25, 0.3) is 0 Å². The van der Waals surface area contributed by atoms with Gasteiger partial charge in [-0.2, -0.15) is 0 Å². The molecule has 0 spiro atoms. The number of aromatic nitrogens is 1. The summed E-state index contributed by atoms with van der Waals surface area (Å²) in [4.78, 5) is 11.3. The van der Waals surface area contributed by atoms with E-state index in [0.717, 1.165) is 50.7 Å². The highest BCUT2D eigenvalue weighted by molar-refractivity contribution is 14.0. The lowest BCUT2D eigenvalue weighted by Gasteiger charge is -2.32. The Morgan fingerprint density at radius 1 is 1.10 bits per heavy atom. The number of hydrogen-bond acceptors (Lipinski definition) is 3. The number of rotatable bonds is 5. The van der Waals surface area contributed by atoms with E-state index in [1.807, 2.05) is 19.3 Å². The maximum Gasteiger partial charge on any atom is 0.191 e. The third-order valence-electron chi connectivity index (χ3n) is 5.54. The van der Waals surface area contributed by atoms with Gasteiger partial charge in [-0.25, -0.2) is 0 Å². The third kappa shape index (κ3) is 7.54. The van der Waals surface area contributed by atoms with Gasteiger partial charge in [-0.1, -0.05) is 51.1 Å². The predicted molar refractivity (Wildman–Crippen MR) is 136 cm³/mol. The third-order valence-corrected chi connectivity index (χ3v) is 5.54. The van der Waals surface area contributed by atoms with Crippen LogP contribution in [0.5, 0.6) is 0 Å². The number of guanidine groups is 1. The fourth-order valence-electron chi connectivity index (χ4n) is 3.65. The van der Waals surface area contributed by atoms with Crippen LogP contribution in [0.1, 0.15) is 50.4 Å². The highest BCUT2D eigenvalue weighted by Gasteiger charge is 2.20. The minimum absolute atomic E-state index is 0. The number of hydrogen-bond donors (Lipinski definition) is 2. The van der Waals surface area contributed by atoms with E-state index in [1.54, 1.807) is 0 Å². The molecule has 2 N–H and O–H groups in total. The van der Waals surface area contributed by atoms with Gasteiger partial charge in [0, 0.05) is 45.5 Å². The first kappa shape index (κ1) is 24.6. The summed E-state index contributed by atoms with van der Waals surface area (Å²) >= 11 is 0. The quantitative estimate of drug-likeness (QED) is 0.350. The standard InChI is InChI=1S/C24H35N5.HI/c1-24(2,3)20-10-8-19(9-11-20)17-27-23(25-4)28-21-12-15-29(16-13-21)18-22-7-5-6-14-26-22;/h5-11,14,21H,12-13,15-18H2,1-4H3,(H2,25,27,28);1H. The highest BCUT2D eigenvalue weighted by Crippen LogP contribution is 2.22.